The van der Waals surface area contributed by atoms with Crippen LogP contribution >= 0.6 is 11.8 Å². The van der Waals surface area contributed by atoms with Crippen molar-refractivity contribution in [1.29, 1.82) is 0 Å². The quantitative estimate of drug-likeness (QED) is 0.793. The van der Waals surface area contributed by atoms with E-state index in [1.807, 2.05) is 24.4 Å². The zero-order valence-corrected chi connectivity index (χ0v) is 12.7. The highest BCUT2D eigenvalue weighted by Crippen LogP contribution is 2.27. The van der Waals surface area contributed by atoms with E-state index in [1.165, 1.54) is 16.0 Å². The van der Waals surface area contributed by atoms with Crippen LogP contribution in [0, 0.1) is 6.92 Å². The molecule has 1 aromatic heterocycles. The minimum absolute atomic E-state index is 0.743. The van der Waals surface area contributed by atoms with E-state index in [2.05, 4.69) is 35.4 Å². The molecule has 1 N–H and O–H groups in total. The van der Waals surface area contributed by atoms with Crippen LogP contribution in [-0.4, -0.2) is 25.2 Å². The van der Waals surface area contributed by atoms with E-state index in [1.54, 1.807) is 18.9 Å². The number of nitrogens with one attached hydrogen (secondary N) is 1. The molecule has 0 spiro atoms. The molecule has 0 bridgehead atoms. The molecule has 0 amide bonds. The Morgan fingerprint density at radius 2 is 2.15 bits per heavy atom. The van der Waals surface area contributed by atoms with Gasteiger partial charge in [-0.1, -0.05) is 23.9 Å². The number of aromatic nitrogens is 1. The first kappa shape index (κ1) is 15.0. The van der Waals surface area contributed by atoms with Crippen molar-refractivity contribution in [1.82, 2.24) is 10.3 Å². The second kappa shape index (κ2) is 8.04. The van der Waals surface area contributed by atoms with Crippen molar-refractivity contribution in [3.05, 3.63) is 53.7 Å². The number of pyridine rings is 1. The highest BCUT2D eigenvalue weighted by molar-refractivity contribution is 7.99. The van der Waals surface area contributed by atoms with Crippen LogP contribution in [0.3, 0.4) is 0 Å². The van der Waals surface area contributed by atoms with E-state index in [0.29, 0.717) is 0 Å². The highest BCUT2D eigenvalue weighted by Gasteiger charge is 2.02. The maximum absolute atomic E-state index is 5.02. The van der Waals surface area contributed by atoms with Gasteiger partial charge >= 0.3 is 0 Å². The number of aryl methyl sites for hydroxylation is 1. The summed E-state index contributed by atoms with van der Waals surface area (Å²) < 4.78 is 5.02. The van der Waals surface area contributed by atoms with Gasteiger partial charge in [-0.15, -0.1) is 0 Å². The number of methoxy groups -OCH3 is 1. The highest BCUT2D eigenvalue weighted by atomic mass is 32.2. The fourth-order valence-electron chi connectivity index (χ4n) is 1.86. The lowest BCUT2D eigenvalue weighted by atomic mass is 10.1. The minimum Gasteiger partial charge on any atom is -0.383 e. The van der Waals surface area contributed by atoms with Gasteiger partial charge in [-0.2, -0.15) is 0 Å². The van der Waals surface area contributed by atoms with Crippen LogP contribution in [0.25, 0.3) is 0 Å². The van der Waals surface area contributed by atoms with Crippen molar-refractivity contribution >= 4 is 11.8 Å². The molecule has 0 radical (unpaired) electrons. The number of hydrogen-bond donors (Lipinski definition) is 1. The predicted molar refractivity (Wildman–Crippen MR) is 83.1 cm³/mol. The second-order valence-electron chi connectivity index (χ2n) is 4.53. The molecule has 0 saturated heterocycles. The Morgan fingerprint density at radius 1 is 1.25 bits per heavy atom. The van der Waals surface area contributed by atoms with Crippen molar-refractivity contribution in [2.75, 3.05) is 20.3 Å². The first-order valence-electron chi connectivity index (χ1n) is 6.67. The molecule has 20 heavy (non-hydrogen) atoms. The van der Waals surface area contributed by atoms with Gasteiger partial charge in [0.1, 0.15) is 5.03 Å². The van der Waals surface area contributed by atoms with Gasteiger partial charge in [-0.3, -0.25) is 0 Å². The Balaban J connectivity index is 1.95. The summed E-state index contributed by atoms with van der Waals surface area (Å²) in [6.07, 6.45) is 1.82. The largest absolute Gasteiger partial charge is 0.383 e. The Kier molecular flexibility index (Phi) is 6.05. The SMILES string of the molecule is COCCNCc1ccc(Sc2ccccn2)cc1C. The molecule has 3 nitrogen and oxygen atoms in total. The number of nitrogens with zero attached hydrogens (tertiary/aromatic N) is 1. The maximum atomic E-state index is 5.02. The molecule has 106 valence electrons. The number of benzene rings is 1. The van der Waals surface area contributed by atoms with Crippen molar-refractivity contribution < 1.29 is 4.74 Å². The van der Waals surface area contributed by atoms with Crippen molar-refractivity contribution in [3.8, 4) is 0 Å². The van der Waals surface area contributed by atoms with Gasteiger partial charge < -0.3 is 10.1 Å². The summed E-state index contributed by atoms with van der Waals surface area (Å²) in [5.74, 6) is 0. The van der Waals surface area contributed by atoms with Gasteiger partial charge in [0.05, 0.1) is 6.61 Å². The van der Waals surface area contributed by atoms with E-state index in [-0.39, 0.29) is 0 Å². The third-order valence-corrected chi connectivity index (χ3v) is 3.91. The molecule has 1 heterocycles. The van der Waals surface area contributed by atoms with E-state index in [9.17, 15) is 0 Å². The first-order valence-corrected chi connectivity index (χ1v) is 7.49. The molecule has 4 heteroatoms. The molecule has 2 rings (SSSR count). The van der Waals surface area contributed by atoms with Gasteiger partial charge in [0.2, 0.25) is 0 Å². The summed E-state index contributed by atoms with van der Waals surface area (Å²) >= 11 is 1.69. The van der Waals surface area contributed by atoms with Gasteiger partial charge in [0.15, 0.2) is 0 Å². The zero-order chi connectivity index (χ0) is 14.2. The van der Waals surface area contributed by atoms with E-state index < -0.39 is 0 Å². The molecule has 1 aromatic carbocycles. The van der Waals surface area contributed by atoms with Crippen molar-refractivity contribution in [2.45, 2.75) is 23.4 Å². The predicted octanol–water partition coefficient (Wildman–Crippen LogP) is 3.28. The van der Waals surface area contributed by atoms with E-state index in [0.717, 1.165) is 24.7 Å². The molecule has 0 saturated carbocycles. The summed E-state index contributed by atoms with van der Waals surface area (Å²) in [4.78, 5) is 5.56. The number of hydrogen-bond acceptors (Lipinski definition) is 4. The third kappa shape index (κ3) is 4.63. The standard InChI is InChI=1S/C16H20N2OS/c1-13-11-15(20-16-5-3-4-8-18-16)7-6-14(13)12-17-9-10-19-2/h3-8,11,17H,9-10,12H2,1-2H3. The van der Waals surface area contributed by atoms with Crippen LogP contribution in [0.2, 0.25) is 0 Å². The lowest BCUT2D eigenvalue weighted by Crippen LogP contribution is -2.19. The smallest absolute Gasteiger partial charge is 0.101 e. The first-order chi connectivity index (χ1) is 9.79. The van der Waals surface area contributed by atoms with Crippen LogP contribution < -0.4 is 5.32 Å². The molecule has 0 aliphatic heterocycles. The summed E-state index contributed by atoms with van der Waals surface area (Å²) in [6, 6.07) is 12.5. The monoisotopic (exact) mass is 288 g/mol. The number of rotatable bonds is 7. The summed E-state index contributed by atoms with van der Waals surface area (Å²) in [5, 5.41) is 4.39. The van der Waals surface area contributed by atoms with Gasteiger partial charge in [0, 0.05) is 31.3 Å². The van der Waals surface area contributed by atoms with Gasteiger partial charge in [-0.25, -0.2) is 4.98 Å². The Morgan fingerprint density at radius 3 is 2.85 bits per heavy atom. The molecule has 0 atom stereocenters. The summed E-state index contributed by atoms with van der Waals surface area (Å²) in [5.41, 5.74) is 2.63. The normalized spacial score (nSPS) is 10.7. The number of ether oxygens (including phenoxy) is 1. The Labute approximate surface area is 124 Å². The Hall–Kier alpha value is -1.36. The molecular weight excluding hydrogens is 268 g/mol. The fraction of sp³-hybridized carbons (Fsp3) is 0.312. The lowest BCUT2D eigenvalue weighted by Gasteiger charge is -2.09. The van der Waals surface area contributed by atoms with Crippen LogP contribution in [-0.2, 0) is 11.3 Å². The average Bonchev–Trinajstić information content (AvgIpc) is 2.46. The van der Waals surface area contributed by atoms with Gasteiger partial charge in [0.25, 0.3) is 0 Å². The molecule has 0 aliphatic rings. The van der Waals surface area contributed by atoms with Crippen LogP contribution in [0.1, 0.15) is 11.1 Å². The molecule has 0 aliphatic carbocycles. The van der Waals surface area contributed by atoms with Crippen molar-refractivity contribution in [2.24, 2.45) is 0 Å². The van der Waals surface area contributed by atoms with E-state index >= 15 is 0 Å². The van der Waals surface area contributed by atoms with Crippen LogP contribution in [0.4, 0.5) is 0 Å². The van der Waals surface area contributed by atoms with Crippen LogP contribution in [0.5, 0.6) is 0 Å². The Bertz CT molecular complexity index is 531. The van der Waals surface area contributed by atoms with Crippen molar-refractivity contribution in [3.63, 3.8) is 0 Å². The summed E-state index contributed by atoms with van der Waals surface area (Å²) in [6.45, 7) is 4.65. The molecule has 2 aromatic rings. The molecular formula is C16H20N2OS. The average molecular weight is 288 g/mol. The second-order valence-corrected chi connectivity index (χ2v) is 5.62. The van der Waals surface area contributed by atoms with E-state index in [4.69, 9.17) is 4.74 Å². The zero-order valence-electron chi connectivity index (χ0n) is 11.9. The molecule has 0 unspecified atom stereocenters. The summed E-state index contributed by atoms with van der Waals surface area (Å²) in [7, 11) is 1.72. The topological polar surface area (TPSA) is 34.1 Å². The van der Waals surface area contributed by atoms with Crippen LogP contribution in [0.15, 0.2) is 52.5 Å². The third-order valence-electron chi connectivity index (χ3n) is 2.97. The van der Waals surface area contributed by atoms with Gasteiger partial charge in [-0.05, 0) is 42.3 Å². The fourth-order valence-corrected chi connectivity index (χ4v) is 2.73. The maximum Gasteiger partial charge on any atom is 0.101 e. The minimum atomic E-state index is 0.743. The molecule has 0 fully saturated rings. The lowest BCUT2D eigenvalue weighted by molar-refractivity contribution is 0.199.